The van der Waals surface area contributed by atoms with Gasteiger partial charge in [-0.2, -0.15) is 5.10 Å². The Bertz CT molecular complexity index is 838. The van der Waals surface area contributed by atoms with Crippen LogP contribution in [0.2, 0.25) is 0 Å². The van der Waals surface area contributed by atoms with Crippen LogP contribution in [-0.2, 0) is 19.4 Å². The summed E-state index contributed by atoms with van der Waals surface area (Å²) in [5.41, 5.74) is 4.76. The van der Waals surface area contributed by atoms with E-state index >= 15 is 0 Å². The molecule has 2 aliphatic rings. The second-order valence-corrected chi connectivity index (χ2v) is 8.35. The lowest BCUT2D eigenvalue weighted by atomic mass is 9.96. The van der Waals surface area contributed by atoms with Crippen molar-refractivity contribution in [3.05, 3.63) is 41.1 Å². The van der Waals surface area contributed by atoms with Crippen LogP contribution in [0.3, 0.4) is 0 Å². The smallest absolute Gasteiger partial charge is 0.320 e. The quantitative estimate of drug-likeness (QED) is 0.682. The second kappa shape index (κ2) is 9.44. The average Bonchev–Trinajstić information content (AvgIpc) is 3.15. The molecular weight excluding hydrogens is 362 g/mol. The maximum absolute atomic E-state index is 12.6. The molecule has 1 fully saturated rings. The number of anilines is 1. The van der Waals surface area contributed by atoms with E-state index in [-0.39, 0.29) is 12.1 Å². The van der Waals surface area contributed by atoms with Crippen LogP contribution in [0, 0.1) is 0 Å². The second-order valence-electron chi connectivity index (χ2n) is 8.35. The summed E-state index contributed by atoms with van der Waals surface area (Å²) in [5, 5.41) is 14.5. The molecule has 0 atom stereocenters. The Kier molecular flexibility index (Phi) is 6.49. The molecule has 6 heteroatoms. The first-order chi connectivity index (χ1) is 14.2. The van der Waals surface area contributed by atoms with Crippen molar-refractivity contribution < 1.29 is 4.79 Å². The molecule has 29 heavy (non-hydrogen) atoms. The predicted octanol–water partition coefficient (Wildman–Crippen LogP) is 4.31. The minimum absolute atomic E-state index is 0.123. The summed E-state index contributed by atoms with van der Waals surface area (Å²) in [7, 11) is 0. The minimum atomic E-state index is -0.123. The van der Waals surface area contributed by atoms with E-state index in [2.05, 4.69) is 41.1 Å². The minimum Gasteiger partial charge on any atom is -0.335 e. The number of hydrogen-bond acceptors (Lipinski definition) is 3. The molecule has 0 bridgehead atoms. The molecule has 3 N–H and O–H groups in total. The summed E-state index contributed by atoms with van der Waals surface area (Å²) >= 11 is 0. The van der Waals surface area contributed by atoms with E-state index in [1.165, 1.54) is 30.4 Å². The third-order valence-corrected chi connectivity index (χ3v) is 6.05. The van der Waals surface area contributed by atoms with Gasteiger partial charge in [-0.3, -0.25) is 5.32 Å². The van der Waals surface area contributed by atoms with Gasteiger partial charge in [-0.05, 0) is 61.9 Å². The molecule has 1 aliphatic heterocycles. The third-order valence-electron chi connectivity index (χ3n) is 6.05. The Labute approximate surface area is 173 Å². The van der Waals surface area contributed by atoms with Gasteiger partial charge in [0.1, 0.15) is 5.82 Å². The van der Waals surface area contributed by atoms with Crippen molar-refractivity contribution in [1.29, 1.82) is 0 Å². The zero-order chi connectivity index (χ0) is 20.1. The summed E-state index contributed by atoms with van der Waals surface area (Å²) < 4.78 is 1.90. The zero-order valence-corrected chi connectivity index (χ0v) is 17.5. The number of rotatable bonds is 6. The Morgan fingerprint density at radius 2 is 2.07 bits per heavy atom. The van der Waals surface area contributed by atoms with Crippen LogP contribution < -0.4 is 16.0 Å². The number of carbonyl (C=O) groups excluding carboxylic acids is 1. The van der Waals surface area contributed by atoms with Crippen LogP contribution >= 0.6 is 0 Å². The van der Waals surface area contributed by atoms with E-state index in [9.17, 15) is 4.79 Å². The highest BCUT2D eigenvalue weighted by atomic mass is 16.2. The maximum Gasteiger partial charge on any atom is 0.320 e. The standard InChI is InChI=1S/C23H33N5O/c1-2-3-7-20-15-22(26-23(29)25-19-8-5-4-6-9-19)28(27-20)21-11-10-18-16-24-13-12-17(18)14-21/h10-11,14-15,19,24H,2-9,12-13,16H2,1H3,(H2,25,26,29). The molecule has 4 rings (SSSR count). The van der Waals surface area contributed by atoms with Crippen molar-refractivity contribution in [1.82, 2.24) is 20.4 Å². The number of carbonyl (C=O) groups is 1. The van der Waals surface area contributed by atoms with Gasteiger partial charge in [-0.15, -0.1) is 0 Å². The molecule has 2 heterocycles. The lowest BCUT2D eigenvalue weighted by molar-refractivity contribution is 0.244. The van der Waals surface area contributed by atoms with Gasteiger partial charge >= 0.3 is 6.03 Å². The van der Waals surface area contributed by atoms with Crippen molar-refractivity contribution in [2.75, 3.05) is 11.9 Å². The van der Waals surface area contributed by atoms with Crippen molar-refractivity contribution >= 4 is 11.8 Å². The molecule has 1 aromatic carbocycles. The molecule has 156 valence electrons. The third kappa shape index (κ3) is 4.99. The first-order valence-electron chi connectivity index (χ1n) is 11.2. The molecule has 1 aliphatic carbocycles. The summed E-state index contributed by atoms with van der Waals surface area (Å²) in [5.74, 6) is 0.748. The summed E-state index contributed by atoms with van der Waals surface area (Å²) in [6.45, 7) is 4.11. The SMILES string of the molecule is CCCCc1cc(NC(=O)NC2CCCCC2)n(-c2ccc3c(c2)CCNC3)n1. The van der Waals surface area contributed by atoms with Crippen LogP contribution in [0.25, 0.3) is 5.69 Å². The van der Waals surface area contributed by atoms with E-state index in [1.54, 1.807) is 0 Å². The lowest BCUT2D eigenvalue weighted by Gasteiger charge is -2.23. The van der Waals surface area contributed by atoms with Gasteiger partial charge in [0.25, 0.3) is 0 Å². The fourth-order valence-electron chi connectivity index (χ4n) is 4.38. The normalized spacial score (nSPS) is 17.0. The molecule has 2 aromatic rings. The molecular formula is C23H33N5O. The number of nitrogens with zero attached hydrogens (tertiary/aromatic N) is 2. The summed E-state index contributed by atoms with van der Waals surface area (Å²) in [6.07, 6.45) is 10.0. The van der Waals surface area contributed by atoms with Gasteiger partial charge in [-0.25, -0.2) is 9.48 Å². The largest absolute Gasteiger partial charge is 0.335 e. The predicted molar refractivity (Wildman–Crippen MR) is 117 cm³/mol. The highest BCUT2D eigenvalue weighted by Gasteiger charge is 2.18. The van der Waals surface area contributed by atoms with E-state index in [4.69, 9.17) is 5.10 Å². The van der Waals surface area contributed by atoms with Crippen LogP contribution in [-0.4, -0.2) is 28.4 Å². The number of aromatic nitrogens is 2. The van der Waals surface area contributed by atoms with E-state index in [1.807, 2.05) is 10.7 Å². The number of hydrogen-bond donors (Lipinski definition) is 3. The molecule has 6 nitrogen and oxygen atoms in total. The van der Waals surface area contributed by atoms with Crippen LogP contribution in [0.15, 0.2) is 24.3 Å². The van der Waals surface area contributed by atoms with Crippen molar-refractivity contribution in [3.8, 4) is 5.69 Å². The number of nitrogens with one attached hydrogen (secondary N) is 3. The molecule has 0 saturated heterocycles. The lowest BCUT2D eigenvalue weighted by Crippen LogP contribution is -2.39. The van der Waals surface area contributed by atoms with E-state index < -0.39 is 0 Å². The molecule has 2 amide bonds. The maximum atomic E-state index is 12.6. The van der Waals surface area contributed by atoms with E-state index in [0.29, 0.717) is 0 Å². The van der Waals surface area contributed by atoms with Crippen molar-refractivity contribution in [2.24, 2.45) is 0 Å². The van der Waals surface area contributed by atoms with Gasteiger partial charge in [-0.1, -0.05) is 38.7 Å². The van der Waals surface area contributed by atoms with Gasteiger partial charge < -0.3 is 10.6 Å². The number of urea groups is 1. The van der Waals surface area contributed by atoms with Crippen LogP contribution in [0.4, 0.5) is 10.6 Å². The topological polar surface area (TPSA) is 71.0 Å². The highest BCUT2D eigenvalue weighted by Crippen LogP contribution is 2.23. The first-order valence-corrected chi connectivity index (χ1v) is 11.2. The fourth-order valence-corrected chi connectivity index (χ4v) is 4.38. The van der Waals surface area contributed by atoms with Gasteiger partial charge in [0.15, 0.2) is 0 Å². The molecule has 0 radical (unpaired) electrons. The molecule has 0 unspecified atom stereocenters. The molecule has 1 aromatic heterocycles. The number of benzene rings is 1. The highest BCUT2D eigenvalue weighted by molar-refractivity contribution is 5.89. The Morgan fingerprint density at radius 3 is 2.90 bits per heavy atom. The number of aryl methyl sites for hydroxylation is 1. The van der Waals surface area contributed by atoms with Crippen molar-refractivity contribution in [3.63, 3.8) is 0 Å². The van der Waals surface area contributed by atoms with Gasteiger partial charge in [0.05, 0.1) is 11.4 Å². The average molecular weight is 396 g/mol. The van der Waals surface area contributed by atoms with Gasteiger partial charge in [0.2, 0.25) is 0 Å². The number of unbranched alkanes of at least 4 members (excludes halogenated alkanes) is 1. The Morgan fingerprint density at radius 1 is 1.21 bits per heavy atom. The monoisotopic (exact) mass is 395 g/mol. The summed E-state index contributed by atoms with van der Waals surface area (Å²) in [4.78, 5) is 12.6. The van der Waals surface area contributed by atoms with Gasteiger partial charge in [0, 0.05) is 18.7 Å². The Balaban J connectivity index is 1.55. The van der Waals surface area contributed by atoms with Crippen molar-refractivity contribution in [2.45, 2.75) is 77.3 Å². The molecule has 0 spiro atoms. The Hall–Kier alpha value is -2.34. The fraction of sp³-hybridized carbons (Fsp3) is 0.565. The number of fused-ring (bicyclic) bond motifs is 1. The number of amides is 2. The van der Waals surface area contributed by atoms with Crippen LogP contribution in [0.1, 0.15) is 68.7 Å². The summed E-state index contributed by atoms with van der Waals surface area (Å²) in [6, 6.07) is 8.69. The van der Waals surface area contributed by atoms with E-state index in [0.717, 1.165) is 68.8 Å². The first kappa shape index (κ1) is 20.0. The zero-order valence-electron chi connectivity index (χ0n) is 17.5. The molecule has 1 saturated carbocycles. The van der Waals surface area contributed by atoms with Crippen LogP contribution in [0.5, 0.6) is 0 Å².